The number of carbonyl (C=O) groups is 2. The van der Waals surface area contributed by atoms with Gasteiger partial charge in [-0.25, -0.2) is 0 Å². The number of allylic oxidation sites excluding steroid dienone is 1. The first-order valence-electron chi connectivity index (χ1n) is 13.4. The summed E-state index contributed by atoms with van der Waals surface area (Å²) in [7, 11) is 0. The van der Waals surface area contributed by atoms with Crippen LogP contribution in [0.4, 0.5) is 26.3 Å². The summed E-state index contributed by atoms with van der Waals surface area (Å²) >= 11 is 12.1. The van der Waals surface area contributed by atoms with Crippen molar-refractivity contribution in [3.8, 4) is 0 Å². The number of carbonyl (C=O) groups excluding carboxylic acids is 2. The Kier molecular flexibility index (Phi) is 13.7. The van der Waals surface area contributed by atoms with Crippen LogP contribution < -0.4 is 16.0 Å². The van der Waals surface area contributed by atoms with E-state index in [2.05, 4.69) is 16.0 Å². The summed E-state index contributed by atoms with van der Waals surface area (Å²) in [5, 5.41) is 16.4. The Morgan fingerprint density at radius 3 is 2.09 bits per heavy atom. The smallest absolute Gasteiger partial charge is 0.334 e. The van der Waals surface area contributed by atoms with Crippen molar-refractivity contribution >= 4 is 41.2 Å². The lowest BCUT2D eigenvalue weighted by molar-refractivity contribution is -0.143. The Balaban J connectivity index is 2.28. The van der Waals surface area contributed by atoms with Gasteiger partial charge < -0.3 is 26.3 Å². The summed E-state index contributed by atoms with van der Waals surface area (Å²) in [6.45, 7) is 5.49. The fourth-order valence-corrected chi connectivity index (χ4v) is 4.37. The number of nitrogens with one attached hydrogen (secondary N) is 4. The Morgan fingerprint density at radius 2 is 1.59 bits per heavy atom. The fourth-order valence-electron chi connectivity index (χ4n) is 4.06. The molecular formula is C29H33Cl2F6N5O2. The van der Waals surface area contributed by atoms with Crippen LogP contribution in [0.5, 0.6) is 0 Å². The molecule has 0 radical (unpaired) electrons. The van der Waals surface area contributed by atoms with Gasteiger partial charge in [-0.2, -0.15) is 26.3 Å². The molecule has 2 atom stereocenters. The van der Waals surface area contributed by atoms with E-state index >= 15 is 0 Å². The van der Waals surface area contributed by atoms with Gasteiger partial charge in [0, 0.05) is 30.9 Å². The number of rotatable bonds is 14. The standard InChI is InChI=1S/C29H33Cl2F6N5O2/c1-4-18(12-38)13-39-14-23(5-2)40-15-26(43)42(17(3)19-6-7-24(30)25(31)10-19)16-41-27(44)20-8-21(28(32,33)34)11-22(9-20)29(35,36)37/h4,6-12,17,23,38-40H,5,13-16H2,1-3H3,(H,41,44)/b18-4+,38-12?. The predicted octanol–water partition coefficient (Wildman–Crippen LogP) is 6.86. The van der Waals surface area contributed by atoms with Crippen LogP contribution in [-0.2, 0) is 17.1 Å². The fraction of sp³-hybridized carbons (Fsp3) is 0.414. The van der Waals surface area contributed by atoms with Crippen molar-refractivity contribution in [2.45, 2.75) is 51.6 Å². The molecule has 2 rings (SSSR count). The van der Waals surface area contributed by atoms with Gasteiger partial charge in [0.25, 0.3) is 5.91 Å². The van der Waals surface area contributed by atoms with E-state index in [1.54, 1.807) is 26.0 Å². The van der Waals surface area contributed by atoms with Gasteiger partial charge in [-0.1, -0.05) is 42.3 Å². The molecule has 0 bridgehead atoms. The second kappa shape index (κ2) is 16.3. The summed E-state index contributed by atoms with van der Waals surface area (Å²) < 4.78 is 79.9. The maximum Gasteiger partial charge on any atom is 0.416 e. The number of hydrogen-bond acceptors (Lipinski definition) is 5. The zero-order valence-electron chi connectivity index (χ0n) is 24.1. The normalized spacial score (nSPS) is 13.8. The molecule has 242 valence electrons. The molecule has 0 aliphatic rings. The van der Waals surface area contributed by atoms with Gasteiger partial charge in [0.15, 0.2) is 0 Å². The second-order valence-electron chi connectivity index (χ2n) is 9.80. The van der Waals surface area contributed by atoms with E-state index in [1.807, 2.05) is 6.92 Å². The summed E-state index contributed by atoms with van der Waals surface area (Å²) in [5.74, 6) is -1.76. The SMILES string of the molecule is C/C=C(\C=N)CNCC(CC)NCC(=O)N(CNC(=O)c1cc(C(F)(F)F)cc(C(F)(F)F)c1)C(C)c1ccc(Cl)c(Cl)c1. The van der Waals surface area contributed by atoms with Crippen LogP contribution in [0, 0.1) is 5.41 Å². The predicted molar refractivity (Wildman–Crippen MR) is 158 cm³/mol. The first kappa shape index (κ1) is 37.1. The lowest BCUT2D eigenvalue weighted by Crippen LogP contribution is -2.49. The molecule has 2 amide bonds. The molecule has 0 saturated carbocycles. The van der Waals surface area contributed by atoms with Crippen molar-refractivity contribution in [3.05, 3.63) is 80.3 Å². The highest BCUT2D eigenvalue weighted by atomic mass is 35.5. The van der Waals surface area contributed by atoms with E-state index in [4.69, 9.17) is 28.6 Å². The van der Waals surface area contributed by atoms with Crippen molar-refractivity contribution < 1.29 is 35.9 Å². The molecule has 2 aromatic rings. The molecule has 44 heavy (non-hydrogen) atoms. The van der Waals surface area contributed by atoms with E-state index in [-0.39, 0.29) is 28.7 Å². The number of benzene rings is 2. The molecule has 2 aromatic carbocycles. The minimum atomic E-state index is -5.13. The monoisotopic (exact) mass is 667 g/mol. The first-order valence-corrected chi connectivity index (χ1v) is 14.2. The van der Waals surface area contributed by atoms with Crippen molar-refractivity contribution in [1.82, 2.24) is 20.9 Å². The number of nitrogens with zero attached hydrogens (tertiary/aromatic N) is 1. The molecular weight excluding hydrogens is 635 g/mol. The van der Waals surface area contributed by atoms with E-state index in [0.717, 1.165) is 5.57 Å². The van der Waals surface area contributed by atoms with Gasteiger partial charge in [0.2, 0.25) is 5.91 Å². The van der Waals surface area contributed by atoms with E-state index in [1.165, 1.54) is 23.2 Å². The molecule has 0 fully saturated rings. The summed E-state index contributed by atoms with van der Waals surface area (Å²) in [4.78, 5) is 27.5. The third-order valence-electron chi connectivity index (χ3n) is 6.78. The number of halogens is 8. The molecule has 4 N–H and O–H groups in total. The van der Waals surface area contributed by atoms with Crippen LogP contribution in [0.3, 0.4) is 0 Å². The molecule has 2 unspecified atom stereocenters. The Labute approximate surface area is 261 Å². The average Bonchev–Trinajstić information content (AvgIpc) is 2.96. The lowest BCUT2D eigenvalue weighted by atomic mass is 10.0. The maximum atomic E-state index is 13.4. The van der Waals surface area contributed by atoms with Crippen LogP contribution in [-0.4, -0.2) is 55.3 Å². The molecule has 0 aliphatic carbocycles. The van der Waals surface area contributed by atoms with E-state index in [9.17, 15) is 35.9 Å². The topological polar surface area (TPSA) is 97.3 Å². The van der Waals surface area contributed by atoms with Gasteiger partial charge in [-0.15, -0.1) is 0 Å². The molecule has 0 saturated heterocycles. The zero-order chi connectivity index (χ0) is 33.2. The summed E-state index contributed by atoms with van der Waals surface area (Å²) in [6, 6.07) is 4.26. The molecule has 7 nitrogen and oxygen atoms in total. The Bertz CT molecular complexity index is 1320. The van der Waals surface area contributed by atoms with Gasteiger partial charge >= 0.3 is 12.4 Å². The molecule has 0 aliphatic heterocycles. The molecule has 15 heteroatoms. The highest BCUT2D eigenvalue weighted by molar-refractivity contribution is 6.42. The van der Waals surface area contributed by atoms with Crippen molar-refractivity contribution in [2.24, 2.45) is 0 Å². The largest absolute Gasteiger partial charge is 0.416 e. The minimum absolute atomic E-state index is 0.0752. The lowest BCUT2D eigenvalue weighted by Gasteiger charge is -2.31. The van der Waals surface area contributed by atoms with E-state index in [0.29, 0.717) is 37.2 Å². The molecule has 0 spiro atoms. The van der Waals surface area contributed by atoms with Gasteiger partial charge in [-0.05, 0) is 61.7 Å². The quantitative estimate of drug-likeness (QED) is 0.101. The maximum absolute atomic E-state index is 13.4. The first-order chi connectivity index (χ1) is 20.5. The van der Waals surface area contributed by atoms with Gasteiger partial charge in [0.1, 0.15) is 0 Å². The second-order valence-corrected chi connectivity index (χ2v) is 10.6. The molecule has 0 heterocycles. The average molecular weight is 669 g/mol. The molecule has 0 aromatic heterocycles. The highest BCUT2D eigenvalue weighted by Gasteiger charge is 2.37. The number of hydrogen-bond donors (Lipinski definition) is 4. The van der Waals surface area contributed by atoms with Crippen LogP contribution >= 0.6 is 23.2 Å². The Hall–Kier alpha value is -3.13. The van der Waals surface area contributed by atoms with Gasteiger partial charge in [0.05, 0.1) is 40.4 Å². The Morgan fingerprint density at radius 1 is 0.977 bits per heavy atom. The third-order valence-corrected chi connectivity index (χ3v) is 7.52. The van der Waals surface area contributed by atoms with E-state index < -0.39 is 53.6 Å². The van der Waals surface area contributed by atoms with Crippen molar-refractivity contribution in [2.75, 3.05) is 26.3 Å². The number of amides is 2. The minimum Gasteiger partial charge on any atom is -0.334 e. The van der Waals surface area contributed by atoms with Crippen LogP contribution in [0.15, 0.2) is 48.0 Å². The number of alkyl halides is 6. The van der Waals surface area contributed by atoms with Crippen LogP contribution in [0.1, 0.15) is 60.3 Å². The van der Waals surface area contributed by atoms with Crippen LogP contribution in [0.25, 0.3) is 0 Å². The zero-order valence-corrected chi connectivity index (χ0v) is 25.6. The summed E-state index contributed by atoms with van der Waals surface area (Å²) in [5.41, 5.74) is -2.86. The summed E-state index contributed by atoms with van der Waals surface area (Å²) in [6.07, 6.45) is -6.62. The third kappa shape index (κ3) is 10.8. The van der Waals surface area contributed by atoms with Gasteiger partial charge in [-0.3, -0.25) is 9.59 Å². The highest BCUT2D eigenvalue weighted by Crippen LogP contribution is 2.36. The van der Waals surface area contributed by atoms with Crippen molar-refractivity contribution in [3.63, 3.8) is 0 Å². The van der Waals surface area contributed by atoms with Crippen LogP contribution in [0.2, 0.25) is 10.0 Å². The van der Waals surface area contributed by atoms with Crippen molar-refractivity contribution in [1.29, 1.82) is 5.41 Å².